The van der Waals surface area contributed by atoms with Crippen molar-refractivity contribution in [1.82, 2.24) is 15.3 Å². The molecule has 2 amide bonds. The summed E-state index contributed by atoms with van der Waals surface area (Å²) < 4.78 is 0.813. The van der Waals surface area contributed by atoms with Crippen molar-refractivity contribution in [1.29, 1.82) is 0 Å². The number of aryl methyl sites for hydroxylation is 1. The topological polar surface area (TPSA) is 124 Å². The van der Waals surface area contributed by atoms with Crippen LogP contribution >= 0.6 is 27.3 Å². The summed E-state index contributed by atoms with van der Waals surface area (Å²) in [6.45, 7) is 0. The third-order valence-corrected chi connectivity index (χ3v) is 5.22. The molecule has 4 N–H and O–H groups in total. The Morgan fingerprint density at radius 3 is 2.92 bits per heavy atom. The molecule has 0 aliphatic heterocycles. The van der Waals surface area contributed by atoms with E-state index in [0.29, 0.717) is 23.7 Å². The molecule has 0 radical (unpaired) electrons. The van der Waals surface area contributed by atoms with Gasteiger partial charge in [0.15, 0.2) is 5.13 Å². The maximum atomic E-state index is 12.2. The summed E-state index contributed by atoms with van der Waals surface area (Å²) in [6, 6.07) is 1.71. The zero-order chi connectivity index (χ0) is 18.0. The molecule has 0 unspecified atom stereocenters. The minimum absolute atomic E-state index is 0.00917. The van der Waals surface area contributed by atoms with Gasteiger partial charge in [-0.1, -0.05) is 0 Å². The number of hydrogen-bond donors (Lipinski definition) is 4. The van der Waals surface area contributed by atoms with E-state index in [-0.39, 0.29) is 11.9 Å². The van der Waals surface area contributed by atoms with Crippen LogP contribution in [0.1, 0.15) is 33.9 Å². The van der Waals surface area contributed by atoms with E-state index in [4.69, 9.17) is 5.11 Å². The monoisotopic (exact) mass is 426 g/mol. The van der Waals surface area contributed by atoms with Crippen molar-refractivity contribution in [3.8, 4) is 0 Å². The third kappa shape index (κ3) is 4.45. The lowest BCUT2D eigenvalue weighted by Gasteiger charge is -2.22. The summed E-state index contributed by atoms with van der Waals surface area (Å²) in [4.78, 5) is 42.5. The van der Waals surface area contributed by atoms with Gasteiger partial charge in [0.1, 0.15) is 12.1 Å². The molecule has 25 heavy (non-hydrogen) atoms. The van der Waals surface area contributed by atoms with E-state index in [1.807, 2.05) is 0 Å². The van der Waals surface area contributed by atoms with Crippen LogP contribution in [0.5, 0.6) is 0 Å². The smallest absolute Gasteiger partial charge is 0.312 e. The first-order valence-corrected chi connectivity index (χ1v) is 9.16. The van der Waals surface area contributed by atoms with Crippen molar-refractivity contribution in [3.05, 3.63) is 33.0 Å². The molecule has 0 saturated heterocycles. The van der Waals surface area contributed by atoms with E-state index >= 15 is 0 Å². The lowest BCUT2D eigenvalue weighted by Crippen LogP contribution is -2.38. The number of carboxylic acid groups (broad SMARTS) is 1. The first-order chi connectivity index (χ1) is 11.9. The molecule has 1 aliphatic rings. The third-order valence-electron chi connectivity index (χ3n) is 3.73. The van der Waals surface area contributed by atoms with Crippen LogP contribution in [-0.2, 0) is 22.4 Å². The Balaban J connectivity index is 1.60. The van der Waals surface area contributed by atoms with Crippen LogP contribution in [-0.4, -0.2) is 38.9 Å². The first-order valence-electron chi connectivity index (χ1n) is 7.55. The van der Waals surface area contributed by atoms with E-state index in [9.17, 15) is 14.4 Å². The number of carbonyl (C=O) groups is 3. The zero-order valence-corrected chi connectivity index (χ0v) is 15.4. The lowest BCUT2D eigenvalue weighted by molar-refractivity contribution is -0.139. The number of carbonyl (C=O) groups excluding carboxylic acids is 2. The van der Waals surface area contributed by atoms with E-state index in [1.165, 1.54) is 11.3 Å². The van der Waals surface area contributed by atoms with Crippen LogP contribution in [0.15, 0.2) is 16.7 Å². The number of fused-ring (bicyclic) bond motifs is 1. The van der Waals surface area contributed by atoms with Crippen molar-refractivity contribution in [2.24, 2.45) is 0 Å². The average Bonchev–Trinajstić information content (AvgIpc) is 3.11. The van der Waals surface area contributed by atoms with Gasteiger partial charge < -0.3 is 20.7 Å². The Hall–Kier alpha value is -2.20. The summed E-state index contributed by atoms with van der Waals surface area (Å²) in [6.07, 6.45) is 3.19. The molecule has 1 atom stereocenters. The molecule has 0 bridgehead atoms. The number of nitrogens with one attached hydrogen (secondary N) is 3. The second kappa shape index (κ2) is 7.36. The number of amides is 2. The van der Waals surface area contributed by atoms with Gasteiger partial charge in [0.2, 0.25) is 5.91 Å². The Morgan fingerprint density at radius 2 is 2.24 bits per heavy atom. The van der Waals surface area contributed by atoms with Gasteiger partial charge in [0, 0.05) is 28.0 Å². The molecule has 0 spiro atoms. The quantitative estimate of drug-likeness (QED) is 0.543. The van der Waals surface area contributed by atoms with Crippen LogP contribution in [0.3, 0.4) is 0 Å². The van der Waals surface area contributed by atoms with Gasteiger partial charge in [-0.2, -0.15) is 0 Å². The van der Waals surface area contributed by atoms with E-state index < -0.39 is 18.3 Å². The van der Waals surface area contributed by atoms with Gasteiger partial charge in [-0.25, -0.2) is 4.98 Å². The van der Waals surface area contributed by atoms with Gasteiger partial charge in [-0.15, -0.1) is 11.3 Å². The molecule has 2 aromatic heterocycles. The van der Waals surface area contributed by atoms with Crippen LogP contribution < -0.4 is 10.6 Å². The second-order valence-corrected chi connectivity index (χ2v) is 7.65. The number of aliphatic carboxylic acids is 1. The number of halogens is 1. The fourth-order valence-corrected chi connectivity index (χ4v) is 4.06. The maximum absolute atomic E-state index is 12.2. The van der Waals surface area contributed by atoms with Crippen molar-refractivity contribution in [2.75, 3.05) is 5.32 Å². The number of hydrogen-bond acceptors (Lipinski definition) is 5. The Kier molecular flexibility index (Phi) is 5.19. The predicted molar refractivity (Wildman–Crippen MR) is 94.8 cm³/mol. The average molecular weight is 427 g/mol. The van der Waals surface area contributed by atoms with Gasteiger partial charge in [0.25, 0.3) is 5.91 Å². The molecule has 2 aromatic rings. The number of aromatic nitrogens is 2. The van der Waals surface area contributed by atoms with Crippen molar-refractivity contribution < 1.29 is 19.5 Å². The number of aromatic amines is 1. The molecule has 10 heteroatoms. The molecule has 2 heterocycles. The highest BCUT2D eigenvalue weighted by atomic mass is 79.9. The molecular formula is C15H15BrN4O4S. The Labute approximate surface area is 155 Å². The normalized spacial score (nSPS) is 16.1. The second-order valence-electron chi connectivity index (χ2n) is 5.65. The number of thiazole rings is 1. The summed E-state index contributed by atoms with van der Waals surface area (Å²) in [5, 5.41) is 14.5. The first kappa shape index (κ1) is 17.6. The van der Waals surface area contributed by atoms with Crippen LogP contribution in [0.25, 0.3) is 0 Å². The largest absolute Gasteiger partial charge is 0.481 e. The standard InChI is InChI=1S/C15H15BrN4O4S/c16-7-3-10(17-6-7)14(24)18-8-1-2-9-11(4-8)25-15(19-9)20-12(21)5-13(22)23/h3,6,8,17H,1-2,4-5H2,(H,18,24)(H,22,23)(H,19,20,21)/t8-/m0/s1. The minimum atomic E-state index is -1.18. The minimum Gasteiger partial charge on any atom is -0.481 e. The lowest BCUT2D eigenvalue weighted by atomic mass is 9.97. The molecule has 3 rings (SSSR count). The highest BCUT2D eigenvalue weighted by molar-refractivity contribution is 9.10. The highest BCUT2D eigenvalue weighted by Gasteiger charge is 2.25. The van der Waals surface area contributed by atoms with Crippen LogP contribution in [0.2, 0.25) is 0 Å². The number of H-pyrrole nitrogens is 1. The summed E-state index contributed by atoms with van der Waals surface area (Å²) >= 11 is 4.61. The number of nitrogens with zero attached hydrogens (tertiary/aromatic N) is 1. The molecule has 0 saturated carbocycles. The van der Waals surface area contributed by atoms with Gasteiger partial charge >= 0.3 is 5.97 Å². The number of carboxylic acids is 1. The van der Waals surface area contributed by atoms with Crippen molar-refractivity contribution >= 4 is 50.2 Å². The molecule has 0 fully saturated rings. The number of anilines is 1. The molecule has 132 valence electrons. The summed E-state index contributed by atoms with van der Waals surface area (Å²) in [5.41, 5.74) is 1.38. The fraction of sp³-hybridized carbons (Fsp3) is 0.333. The highest BCUT2D eigenvalue weighted by Crippen LogP contribution is 2.30. The zero-order valence-electron chi connectivity index (χ0n) is 13.0. The number of rotatable bonds is 5. The SMILES string of the molecule is O=C(O)CC(=O)Nc1nc2c(s1)C[C@@H](NC(=O)c1cc(Br)c[nH]1)CC2. The van der Waals surface area contributed by atoms with Gasteiger partial charge in [0.05, 0.1) is 5.69 Å². The Morgan fingerprint density at radius 1 is 1.44 bits per heavy atom. The summed E-state index contributed by atoms with van der Waals surface area (Å²) in [7, 11) is 0. The van der Waals surface area contributed by atoms with Crippen LogP contribution in [0.4, 0.5) is 5.13 Å². The van der Waals surface area contributed by atoms with Crippen molar-refractivity contribution in [2.45, 2.75) is 31.7 Å². The molecular weight excluding hydrogens is 412 g/mol. The maximum Gasteiger partial charge on any atom is 0.312 e. The molecule has 1 aliphatic carbocycles. The predicted octanol–water partition coefficient (Wildman–Crippen LogP) is 1.93. The Bertz CT molecular complexity index is 831. The van der Waals surface area contributed by atoms with E-state index in [2.05, 4.69) is 36.5 Å². The molecule has 8 nitrogen and oxygen atoms in total. The van der Waals surface area contributed by atoms with Crippen molar-refractivity contribution in [3.63, 3.8) is 0 Å². The van der Waals surface area contributed by atoms with Crippen LogP contribution in [0, 0.1) is 0 Å². The van der Waals surface area contributed by atoms with E-state index in [1.54, 1.807) is 12.3 Å². The van der Waals surface area contributed by atoms with Gasteiger partial charge in [-0.05, 0) is 34.8 Å². The van der Waals surface area contributed by atoms with E-state index in [0.717, 1.165) is 21.5 Å². The van der Waals surface area contributed by atoms with Gasteiger partial charge in [-0.3, -0.25) is 14.4 Å². The summed E-state index contributed by atoms with van der Waals surface area (Å²) in [5.74, 6) is -1.95. The molecule has 0 aromatic carbocycles. The fourth-order valence-electron chi connectivity index (χ4n) is 2.61.